The Labute approximate surface area is 122 Å². The van der Waals surface area contributed by atoms with Crippen LogP contribution in [0.2, 0.25) is 0 Å². The number of aromatic nitrogens is 1. The zero-order chi connectivity index (χ0) is 14.9. The van der Waals surface area contributed by atoms with Crippen LogP contribution in [0.4, 0.5) is 5.69 Å². The number of hydrogen-bond acceptors (Lipinski definition) is 5. The number of nitrogens with one attached hydrogen (secondary N) is 2. The molecule has 0 spiro atoms. The fourth-order valence-corrected chi connectivity index (χ4v) is 1.55. The number of hydrogen-bond donors (Lipinski definition) is 2. The lowest BCUT2D eigenvalue weighted by atomic mass is 10.2. The second-order valence-electron chi connectivity index (χ2n) is 4.12. The van der Waals surface area contributed by atoms with Gasteiger partial charge in [-0.2, -0.15) is 10.4 Å². The number of benzene rings is 1. The summed E-state index contributed by atoms with van der Waals surface area (Å²) < 4.78 is 0. The van der Waals surface area contributed by atoms with Crippen LogP contribution in [0, 0.1) is 11.3 Å². The fourth-order valence-electron chi connectivity index (χ4n) is 1.55. The quantitative estimate of drug-likeness (QED) is 0.641. The lowest BCUT2D eigenvalue weighted by molar-refractivity contribution is -0.119. The molecule has 104 valence electrons. The summed E-state index contributed by atoms with van der Waals surface area (Å²) in [5.74, 6) is -0.275. The smallest absolute Gasteiger partial charge is 0.259 e. The molecule has 0 radical (unpaired) electrons. The van der Waals surface area contributed by atoms with Crippen molar-refractivity contribution in [2.75, 3.05) is 11.9 Å². The topological polar surface area (TPSA) is 90.2 Å². The molecule has 2 rings (SSSR count). The Balaban J connectivity index is 1.80. The van der Waals surface area contributed by atoms with Crippen LogP contribution in [0.5, 0.6) is 0 Å². The molecule has 1 aromatic carbocycles. The van der Waals surface area contributed by atoms with Gasteiger partial charge in [-0.05, 0) is 35.9 Å². The molecule has 21 heavy (non-hydrogen) atoms. The second-order valence-corrected chi connectivity index (χ2v) is 4.12. The largest absolute Gasteiger partial charge is 0.376 e. The number of anilines is 1. The summed E-state index contributed by atoms with van der Waals surface area (Å²) in [6.45, 7) is 0.0720. The van der Waals surface area contributed by atoms with Gasteiger partial charge < -0.3 is 5.32 Å². The van der Waals surface area contributed by atoms with Crippen LogP contribution in [-0.4, -0.2) is 23.7 Å². The molecule has 1 amide bonds. The first-order chi connectivity index (χ1) is 10.3. The number of nitrogens with zero attached hydrogens (tertiary/aromatic N) is 3. The first-order valence-corrected chi connectivity index (χ1v) is 6.24. The Kier molecular flexibility index (Phi) is 5.01. The van der Waals surface area contributed by atoms with Gasteiger partial charge in [-0.1, -0.05) is 6.07 Å². The minimum atomic E-state index is -0.275. The van der Waals surface area contributed by atoms with Crippen LogP contribution in [0.25, 0.3) is 0 Å². The molecule has 6 heteroatoms. The monoisotopic (exact) mass is 279 g/mol. The highest BCUT2D eigenvalue weighted by atomic mass is 16.2. The van der Waals surface area contributed by atoms with E-state index in [4.69, 9.17) is 5.26 Å². The molecule has 0 fully saturated rings. The number of carbonyl (C=O) groups is 1. The second kappa shape index (κ2) is 7.40. The summed E-state index contributed by atoms with van der Waals surface area (Å²) in [5.41, 5.74) is 4.51. The Hall–Kier alpha value is -3.20. The van der Waals surface area contributed by atoms with Gasteiger partial charge in [0.25, 0.3) is 5.91 Å². The van der Waals surface area contributed by atoms with E-state index in [1.165, 1.54) is 6.21 Å². The van der Waals surface area contributed by atoms with E-state index in [1.807, 2.05) is 6.07 Å². The molecule has 0 unspecified atom stereocenters. The van der Waals surface area contributed by atoms with E-state index < -0.39 is 0 Å². The van der Waals surface area contributed by atoms with Crippen molar-refractivity contribution >= 4 is 17.8 Å². The van der Waals surface area contributed by atoms with Gasteiger partial charge in [0.1, 0.15) is 0 Å². The number of pyridine rings is 1. The van der Waals surface area contributed by atoms with E-state index in [0.717, 1.165) is 5.56 Å². The molecule has 0 aliphatic rings. The van der Waals surface area contributed by atoms with Gasteiger partial charge in [-0.3, -0.25) is 9.78 Å². The molecule has 0 saturated carbocycles. The van der Waals surface area contributed by atoms with Gasteiger partial charge in [-0.15, -0.1) is 0 Å². The summed E-state index contributed by atoms with van der Waals surface area (Å²) in [6.07, 6.45) is 4.83. The predicted molar refractivity (Wildman–Crippen MR) is 79.6 cm³/mol. The fraction of sp³-hybridized carbons (Fsp3) is 0.0667. The molecule has 2 N–H and O–H groups in total. The molecule has 0 atom stereocenters. The van der Waals surface area contributed by atoms with Crippen molar-refractivity contribution in [3.8, 4) is 6.07 Å². The third kappa shape index (κ3) is 4.76. The van der Waals surface area contributed by atoms with E-state index in [2.05, 4.69) is 20.8 Å². The number of amides is 1. The maximum atomic E-state index is 11.6. The minimum Gasteiger partial charge on any atom is -0.376 e. The molecule has 6 nitrogen and oxygen atoms in total. The van der Waals surface area contributed by atoms with Crippen LogP contribution >= 0.6 is 0 Å². The van der Waals surface area contributed by atoms with Crippen LogP contribution in [0.1, 0.15) is 11.1 Å². The van der Waals surface area contributed by atoms with Crippen LogP contribution < -0.4 is 10.7 Å². The Morgan fingerprint density at radius 2 is 2.14 bits per heavy atom. The molecule has 2 aromatic rings. The average molecular weight is 279 g/mol. The average Bonchev–Trinajstić information content (AvgIpc) is 2.54. The van der Waals surface area contributed by atoms with E-state index in [-0.39, 0.29) is 12.5 Å². The maximum absolute atomic E-state index is 11.6. The van der Waals surface area contributed by atoms with Crippen LogP contribution in [-0.2, 0) is 4.79 Å². The van der Waals surface area contributed by atoms with Crippen molar-refractivity contribution in [2.24, 2.45) is 5.10 Å². The summed E-state index contributed by atoms with van der Waals surface area (Å²) in [7, 11) is 0. The van der Waals surface area contributed by atoms with Gasteiger partial charge in [0.2, 0.25) is 0 Å². The third-order valence-electron chi connectivity index (χ3n) is 2.55. The summed E-state index contributed by atoms with van der Waals surface area (Å²) in [4.78, 5) is 15.5. The van der Waals surface area contributed by atoms with Crippen molar-refractivity contribution in [1.82, 2.24) is 10.4 Å². The summed E-state index contributed by atoms with van der Waals surface area (Å²) in [5, 5.41) is 15.5. The van der Waals surface area contributed by atoms with E-state index >= 15 is 0 Å². The van der Waals surface area contributed by atoms with Crippen molar-refractivity contribution in [1.29, 1.82) is 5.26 Å². The molecule has 1 aromatic heterocycles. The molecule has 0 aliphatic carbocycles. The SMILES string of the molecule is N#Cc1cccc(NCC(=O)NN=Cc2ccncc2)c1. The van der Waals surface area contributed by atoms with Crippen molar-refractivity contribution in [3.63, 3.8) is 0 Å². The zero-order valence-corrected chi connectivity index (χ0v) is 11.2. The Morgan fingerprint density at radius 3 is 2.90 bits per heavy atom. The Bertz CT molecular complexity index is 676. The van der Waals surface area contributed by atoms with Crippen molar-refractivity contribution in [3.05, 3.63) is 59.9 Å². The third-order valence-corrected chi connectivity index (χ3v) is 2.55. The molecule has 0 saturated heterocycles. The molecular formula is C15H13N5O. The predicted octanol–water partition coefficient (Wildman–Crippen LogP) is 1.52. The van der Waals surface area contributed by atoms with E-state index in [1.54, 1.807) is 48.8 Å². The van der Waals surface area contributed by atoms with E-state index in [0.29, 0.717) is 11.3 Å². The van der Waals surface area contributed by atoms with Gasteiger partial charge >= 0.3 is 0 Å². The highest BCUT2D eigenvalue weighted by Gasteiger charge is 2.00. The molecular weight excluding hydrogens is 266 g/mol. The zero-order valence-electron chi connectivity index (χ0n) is 11.2. The number of rotatable bonds is 5. The molecule has 0 bridgehead atoms. The van der Waals surface area contributed by atoms with Crippen molar-refractivity contribution < 1.29 is 4.79 Å². The highest BCUT2D eigenvalue weighted by molar-refractivity contribution is 5.84. The van der Waals surface area contributed by atoms with Crippen molar-refractivity contribution in [2.45, 2.75) is 0 Å². The first-order valence-electron chi connectivity index (χ1n) is 6.24. The van der Waals surface area contributed by atoms with Gasteiger partial charge in [0.15, 0.2) is 0 Å². The van der Waals surface area contributed by atoms with Crippen LogP contribution in [0.15, 0.2) is 53.9 Å². The van der Waals surface area contributed by atoms with Gasteiger partial charge in [0, 0.05) is 18.1 Å². The van der Waals surface area contributed by atoms with Gasteiger partial charge in [0.05, 0.1) is 24.4 Å². The first kappa shape index (κ1) is 14.2. The number of nitriles is 1. The lowest BCUT2D eigenvalue weighted by Crippen LogP contribution is -2.25. The highest BCUT2D eigenvalue weighted by Crippen LogP contribution is 2.08. The molecule has 1 heterocycles. The summed E-state index contributed by atoms with van der Waals surface area (Å²) in [6, 6.07) is 12.5. The number of hydrazone groups is 1. The summed E-state index contributed by atoms with van der Waals surface area (Å²) >= 11 is 0. The normalized spacial score (nSPS) is 10.0. The van der Waals surface area contributed by atoms with Crippen LogP contribution in [0.3, 0.4) is 0 Å². The van der Waals surface area contributed by atoms with Gasteiger partial charge in [-0.25, -0.2) is 5.43 Å². The number of carbonyl (C=O) groups excluding carboxylic acids is 1. The van der Waals surface area contributed by atoms with E-state index in [9.17, 15) is 4.79 Å². The minimum absolute atomic E-state index is 0.0720. The molecule has 0 aliphatic heterocycles. The lowest BCUT2D eigenvalue weighted by Gasteiger charge is -2.05. The maximum Gasteiger partial charge on any atom is 0.259 e. The Morgan fingerprint density at radius 1 is 1.33 bits per heavy atom. The standard InChI is InChI=1S/C15H13N5O/c16-9-13-2-1-3-14(8-13)18-11-15(21)20-19-10-12-4-6-17-7-5-12/h1-8,10,18H,11H2,(H,20,21).